The molecule has 0 unspecified atom stereocenters. The molecule has 0 spiro atoms. The van der Waals surface area contributed by atoms with Crippen molar-refractivity contribution in [3.63, 3.8) is 0 Å². The molecule has 2 aromatic rings. The predicted molar refractivity (Wildman–Crippen MR) is 96.4 cm³/mol. The average molecular weight is 339 g/mol. The lowest BCUT2D eigenvalue weighted by molar-refractivity contribution is -0.133. The number of hydrogen-bond donors (Lipinski definition) is 0. The average Bonchev–Trinajstić information content (AvgIpc) is 3.05. The SMILES string of the molecule is Cc1ccc2c(c1)-c1c(cnn1CC(=O)N(C)C1CCCCC1)CO2. The highest BCUT2D eigenvalue weighted by Gasteiger charge is 2.26. The second-order valence-electron chi connectivity index (χ2n) is 7.26. The van der Waals surface area contributed by atoms with Crippen molar-refractivity contribution in [1.29, 1.82) is 0 Å². The first-order valence-corrected chi connectivity index (χ1v) is 9.17. The van der Waals surface area contributed by atoms with Crippen molar-refractivity contribution in [2.45, 2.75) is 58.2 Å². The minimum Gasteiger partial charge on any atom is -0.488 e. The zero-order chi connectivity index (χ0) is 17.4. The summed E-state index contributed by atoms with van der Waals surface area (Å²) in [5.41, 5.74) is 4.28. The van der Waals surface area contributed by atoms with Gasteiger partial charge in [0.05, 0.1) is 11.9 Å². The summed E-state index contributed by atoms with van der Waals surface area (Å²) < 4.78 is 7.66. The third-order valence-electron chi connectivity index (χ3n) is 5.49. The molecule has 0 N–H and O–H groups in total. The van der Waals surface area contributed by atoms with Crippen molar-refractivity contribution in [3.8, 4) is 17.0 Å². The Bertz CT molecular complexity index is 790. The molecular weight excluding hydrogens is 314 g/mol. The standard InChI is InChI=1S/C20H25N3O2/c1-14-8-9-18-17(10-14)20-15(13-25-18)11-21-23(20)12-19(24)22(2)16-6-4-3-5-7-16/h8-11,16H,3-7,12-13H2,1-2H3. The number of hydrogen-bond acceptors (Lipinski definition) is 3. The molecule has 2 aliphatic rings. The lowest BCUT2D eigenvalue weighted by Crippen LogP contribution is -2.40. The fraction of sp³-hybridized carbons (Fsp3) is 0.500. The lowest BCUT2D eigenvalue weighted by Gasteiger charge is -2.31. The number of fused-ring (bicyclic) bond motifs is 3. The third-order valence-corrected chi connectivity index (χ3v) is 5.49. The van der Waals surface area contributed by atoms with Crippen LogP contribution in [0.4, 0.5) is 0 Å². The summed E-state index contributed by atoms with van der Waals surface area (Å²) in [4.78, 5) is 14.7. The molecule has 5 nitrogen and oxygen atoms in total. The van der Waals surface area contributed by atoms with E-state index in [4.69, 9.17) is 4.74 Å². The van der Waals surface area contributed by atoms with Gasteiger partial charge in [-0.25, -0.2) is 0 Å². The topological polar surface area (TPSA) is 47.4 Å². The van der Waals surface area contributed by atoms with Crippen LogP contribution in [0.2, 0.25) is 0 Å². The molecule has 132 valence electrons. The number of aryl methyl sites for hydroxylation is 1. The summed E-state index contributed by atoms with van der Waals surface area (Å²) in [6.07, 6.45) is 7.81. The van der Waals surface area contributed by atoms with Gasteiger partial charge in [0, 0.05) is 24.2 Å². The van der Waals surface area contributed by atoms with E-state index < -0.39 is 0 Å². The first-order chi connectivity index (χ1) is 12.1. The van der Waals surface area contributed by atoms with E-state index in [9.17, 15) is 4.79 Å². The minimum atomic E-state index is 0.137. The van der Waals surface area contributed by atoms with Gasteiger partial charge < -0.3 is 9.64 Å². The smallest absolute Gasteiger partial charge is 0.244 e. The highest BCUT2D eigenvalue weighted by atomic mass is 16.5. The van der Waals surface area contributed by atoms with E-state index in [2.05, 4.69) is 18.1 Å². The Labute approximate surface area is 148 Å². The molecule has 5 heteroatoms. The normalized spacial score (nSPS) is 16.7. The van der Waals surface area contributed by atoms with Gasteiger partial charge in [0.1, 0.15) is 18.9 Å². The summed E-state index contributed by atoms with van der Waals surface area (Å²) in [5.74, 6) is 1.01. The van der Waals surface area contributed by atoms with E-state index in [0.717, 1.165) is 35.4 Å². The first kappa shape index (κ1) is 16.2. The lowest BCUT2D eigenvalue weighted by atomic mass is 9.94. The quantitative estimate of drug-likeness (QED) is 0.859. The van der Waals surface area contributed by atoms with E-state index >= 15 is 0 Å². The van der Waals surface area contributed by atoms with Crippen LogP contribution in [0.5, 0.6) is 5.75 Å². The molecule has 0 saturated heterocycles. The van der Waals surface area contributed by atoms with Gasteiger partial charge in [-0.15, -0.1) is 0 Å². The van der Waals surface area contributed by atoms with E-state index in [1.54, 1.807) is 0 Å². The fourth-order valence-electron chi connectivity index (χ4n) is 3.98. The molecule has 1 fully saturated rings. The molecule has 4 rings (SSSR count). The van der Waals surface area contributed by atoms with Crippen LogP contribution < -0.4 is 4.74 Å². The van der Waals surface area contributed by atoms with Crippen molar-refractivity contribution in [1.82, 2.24) is 14.7 Å². The summed E-state index contributed by atoms with van der Waals surface area (Å²) in [6.45, 7) is 2.87. The number of benzene rings is 1. The van der Waals surface area contributed by atoms with Crippen LogP contribution in [0, 0.1) is 6.92 Å². The van der Waals surface area contributed by atoms with Crippen molar-refractivity contribution < 1.29 is 9.53 Å². The van der Waals surface area contributed by atoms with Crippen molar-refractivity contribution in [2.75, 3.05) is 7.05 Å². The second kappa shape index (κ2) is 6.54. The largest absolute Gasteiger partial charge is 0.488 e. The first-order valence-electron chi connectivity index (χ1n) is 9.17. The van der Waals surface area contributed by atoms with Crippen LogP contribution in [0.3, 0.4) is 0 Å². The zero-order valence-corrected chi connectivity index (χ0v) is 15.0. The van der Waals surface area contributed by atoms with Gasteiger partial charge in [-0.1, -0.05) is 30.9 Å². The van der Waals surface area contributed by atoms with Gasteiger partial charge in [-0.2, -0.15) is 5.10 Å². The Morgan fingerprint density at radius 3 is 2.92 bits per heavy atom. The van der Waals surface area contributed by atoms with E-state index in [1.165, 1.54) is 24.8 Å². The molecule has 1 aliphatic heterocycles. The molecular formula is C20H25N3O2. The third kappa shape index (κ3) is 3.03. The Morgan fingerprint density at radius 1 is 1.32 bits per heavy atom. The van der Waals surface area contributed by atoms with Crippen molar-refractivity contribution in [3.05, 3.63) is 35.5 Å². The number of amides is 1. The number of rotatable bonds is 3. The molecule has 1 aromatic heterocycles. The van der Waals surface area contributed by atoms with E-state index in [-0.39, 0.29) is 12.5 Å². The second-order valence-corrected chi connectivity index (χ2v) is 7.26. The maximum absolute atomic E-state index is 12.8. The zero-order valence-electron chi connectivity index (χ0n) is 15.0. The number of carbonyl (C=O) groups is 1. The Morgan fingerprint density at radius 2 is 2.12 bits per heavy atom. The van der Waals surface area contributed by atoms with Gasteiger partial charge in [0.15, 0.2) is 0 Å². The van der Waals surface area contributed by atoms with Gasteiger partial charge in [-0.3, -0.25) is 9.48 Å². The van der Waals surface area contributed by atoms with Crippen LogP contribution in [0.25, 0.3) is 11.3 Å². The molecule has 1 amide bonds. The van der Waals surface area contributed by atoms with Gasteiger partial charge in [-0.05, 0) is 31.9 Å². The monoisotopic (exact) mass is 339 g/mol. The summed E-state index contributed by atoms with van der Waals surface area (Å²) in [5, 5.41) is 4.48. The molecule has 25 heavy (non-hydrogen) atoms. The number of ether oxygens (including phenoxy) is 1. The summed E-state index contributed by atoms with van der Waals surface area (Å²) in [6, 6.07) is 6.54. The van der Waals surface area contributed by atoms with Crippen molar-refractivity contribution in [2.24, 2.45) is 0 Å². The molecule has 0 bridgehead atoms. The predicted octanol–water partition coefficient (Wildman–Crippen LogP) is 3.54. The summed E-state index contributed by atoms with van der Waals surface area (Å²) >= 11 is 0. The van der Waals surface area contributed by atoms with Crippen LogP contribution in [0.15, 0.2) is 24.4 Å². The molecule has 1 aromatic carbocycles. The minimum absolute atomic E-state index is 0.137. The molecule has 1 saturated carbocycles. The van der Waals surface area contributed by atoms with Gasteiger partial charge in [0.25, 0.3) is 0 Å². The maximum Gasteiger partial charge on any atom is 0.244 e. The van der Waals surface area contributed by atoms with Crippen LogP contribution >= 0.6 is 0 Å². The maximum atomic E-state index is 12.8. The molecule has 0 atom stereocenters. The number of likely N-dealkylation sites (N-methyl/N-ethyl adjacent to an activating group) is 1. The Balaban J connectivity index is 1.59. The molecule has 0 radical (unpaired) electrons. The number of carbonyl (C=O) groups excluding carboxylic acids is 1. The van der Waals surface area contributed by atoms with Gasteiger partial charge >= 0.3 is 0 Å². The van der Waals surface area contributed by atoms with Crippen LogP contribution in [-0.4, -0.2) is 33.7 Å². The van der Waals surface area contributed by atoms with E-state index in [0.29, 0.717) is 12.6 Å². The Hall–Kier alpha value is -2.30. The summed E-state index contributed by atoms with van der Waals surface area (Å²) in [7, 11) is 1.94. The van der Waals surface area contributed by atoms with E-state index in [1.807, 2.05) is 35.0 Å². The van der Waals surface area contributed by atoms with Gasteiger partial charge in [0.2, 0.25) is 5.91 Å². The Kier molecular flexibility index (Phi) is 4.24. The van der Waals surface area contributed by atoms with Crippen molar-refractivity contribution >= 4 is 5.91 Å². The highest BCUT2D eigenvalue weighted by molar-refractivity contribution is 5.78. The highest BCUT2D eigenvalue weighted by Crippen LogP contribution is 2.38. The van der Waals surface area contributed by atoms with Crippen LogP contribution in [-0.2, 0) is 17.9 Å². The number of nitrogens with zero attached hydrogens (tertiary/aromatic N) is 3. The van der Waals surface area contributed by atoms with Crippen LogP contribution in [0.1, 0.15) is 43.2 Å². The molecule has 1 aliphatic carbocycles. The molecule has 2 heterocycles. The fourth-order valence-corrected chi connectivity index (χ4v) is 3.98. The number of aromatic nitrogens is 2.